The van der Waals surface area contributed by atoms with E-state index in [0.717, 1.165) is 5.57 Å². The largest absolute Gasteiger partial charge is 0.238 e. The van der Waals surface area contributed by atoms with Crippen molar-refractivity contribution in [2.75, 3.05) is 0 Å². The van der Waals surface area contributed by atoms with E-state index in [-0.39, 0.29) is 4.90 Å². The van der Waals surface area contributed by atoms with Crippen molar-refractivity contribution in [1.29, 1.82) is 0 Å². The first-order valence-electron chi connectivity index (χ1n) is 4.28. The van der Waals surface area contributed by atoms with Crippen molar-refractivity contribution >= 4 is 27.7 Å². The van der Waals surface area contributed by atoms with Crippen molar-refractivity contribution in [2.45, 2.75) is 18.7 Å². The summed E-state index contributed by atoms with van der Waals surface area (Å²) in [6.45, 7) is 3.74. The lowest BCUT2D eigenvalue weighted by Gasteiger charge is -2.04. The van der Waals surface area contributed by atoms with Gasteiger partial charge >= 0.3 is 0 Å². The van der Waals surface area contributed by atoms with Crippen LogP contribution in [0, 0.1) is 0 Å². The van der Waals surface area contributed by atoms with Crippen LogP contribution in [-0.2, 0) is 10.0 Å². The van der Waals surface area contributed by atoms with Crippen LogP contribution in [-0.4, -0.2) is 8.42 Å². The summed E-state index contributed by atoms with van der Waals surface area (Å²) in [6, 6.07) is 4.49. The van der Waals surface area contributed by atoms with Crippen LogP contribution < -0.4 is 5.14 Å². The van der Waals surface area contributed by atoms with Crippen LogP contribution in [0.1, 0.15) is 19.4 Å². The van der Waals surface area contributed by atoms with Gasteiger partial charge in [0.05, 0.1) is 4.90 Å². The fourth-order valence-corrected chi connectivity index (χ4v) is 2.09. The summed E-state index contributed by atoms with van der Waals surface area (Å²) < 4.78 is 22.5. The minimum Gasteiger partial charge on any atom is -0.225 e. The van der Waals surface area contributed by atoms with Gasteiger partial charge in [-0.25, -0.2) is 13.6 Å². The number of primary sulfonamides is 1. The molecule has 0 radical (unpaired) electrons. The maximum Gasteiger partial charge on any atom is 0.238 e. The number of benzene rings is 1. The second-order valence-corrected chi connectivity index (χ2v) is 5.42. The van der Waals surface area contributed by atoms with E-state index in [1.165, 1.54) is 12.1 Å². The lowest BCUT2D eigenvalue weighted by atomic mass is 10.1. The molecule has 5 heteroatoms. The fourth-order valence-electron chi connectivity index (χ4n) is 1.20. The molecule has 0 heterocycles. The van der Waals surface area contributed by atoms with E-state index in [1.807, 2.05) is 13.8 Å². The van der Waals surface area contributed by atoms with Crippen molar-refractivity contribution in [3.8, 4) is 0 Å². The summed E-state index contributed by atoms with van der Waals surface area (Å²) in [5.74, 6) is 0. The van der Waals surface area contributed by atoms with Crippen molar-refractivity contribution in [2.24, 2.45) is 5.14 Å². The van der Waals surface area contributed by atoms with Gasteiger partial charge in [-0.2, -0.15) is 0 Å². The third-order valence-corrected chi connectivity index (χ3v) is 2.94. The van der Waals surface area contributed by atoms with Gasteiger partial charge in [0.25, 0.3) is 0 Å². The average molecular weight is 246 g/mol. The van der Waals surface area contributed by atoms with Gasteiger partial charge in [-0.15, -0.1) is 0 Å². The molecule has 0 aliphatic carbocycles. The molecule has 0 saturated heterocycles. The van der Waals surface area contributed by atoms with Crippen molar-refractivity contribution < 1.29 is 8.42 Å². The Kier molecular flexibility index (Phi) is 3.54. The molecule has 0 aliphatic heterocycles. The number of sulfonamides is 1. The molecule has 15 heavy (non-hydrogen) atoms. The van der Waals surface area contributed by atoms with Crippen molar-refractivity contribution in [3.05, 3.63) is 34.4 Å². The van der Waals surface area contributed by atoms with Gasteiger partial charge in [-0.1, -0.05) is 23.3 Å². The molecule has 1 rings (SSSR count). The molecule has 0 saturated carbocycles. The molecule has 1 aromatic rings. The van der Waals surface area contributed by atoms with Gasteiger partial charge in [-0.05, 0) is 37.6 Å². The molecule has 3 nitrogen and oxygen atoms in total. The number of hydrogen-bond donors (Lipinski definition) is 1. The van der Waals surface area contributed by atoms with Crippen LogP contribution in [0.25, 0.3) is 6.08 Å². The van der Waals surface area contributed by atoms with Gasteiger partial charge in [0.15, 0.2) is 0 Å². The monoisotopic (exact) mass is 245 g/mol. The normalized spacial score (nSPS) is 11.2. The summed E-state index contributed by atoms with van der Waals surface area (Å²) in [5.41, 5.74) is 1.49. The highest BCUT2D eigenvalue weighted by molar-refractivity contribution is 7.89. The van der Waals surface area contributed by atoms with Crippen LogP contribution in [0.2, 0.25) is 5.02 Å². The smallest absolute Gasteiger partial charge is 0.225 e. The van der Waals surface area contributed by atoms with E-state index >= 15 is 0 Å². The molecule has 0 atom stereocenters. The van der Waals surface area contributed by atoms with Crippen LogP contribution in [0.5, 0.6) is 0 Å². The number of nitrogens with two attached hydrogens (primary N) is 1. The Labute approximate surface area is 94.6 Å². The molecule has 0 spiro atoms. The Bertz CT molecular complexity index is 502. The average Bonchev–Trinajstić information content (AvgIpc) is 1.99. The zero-order valence-corrected chi connectivity index (χ0v) is 10.1. The van der Waals surface area contributed by atoms with E-state index in [0.29, 0.717) is 10.6 Å². The third-order valence-electron chi connectivity index (χ3n) is 1.72. The minimum absolute atomic E-state index is 0.0908. The summed E-state index contributed by atoms with van der Waals surface area (Å²) in [5, 5.41) is 5.56. The van der Waals surface area contributed by atoms with Crippen LogP contribution in [0.3, 0.4) is 0 Å². The van der Waals surface area contributed by atoms with E-state index in [4.69, 9.17) is 16.7 Å². The Hall–Kier alpha value is -0.840. The molecule has 0 unspecified atom stereocenters. The highest BCUT2D eigenvalue weighted by Gasteiger charge is 2.12. The van der Waals surface area contributed by atoms with Crippen LogP contribution >= 0.6 is 11.6 Å². The van der Waals surface area contributed by atoms with E-state index in [1.54, 1.807) is 12.1 Å². The molecule has 82 valence electrons. The molecular formula is C10H12ClNO2S. The highest BCUT2D eigenvalue weighted by Crippen LogP contribution is 2.21. The zero-order chi connectivity index (χ0) is 11.6. The Morgan fingerprint density at radius 1 is 1.40 bits per heavy atom. The first-order chi connectivity index (χ1) is 6.80. The second-order valence-electron chi connectivity index (χ2n) is 3.45. The van der Waals surface area contributed by atoms with Crippen molar-refractivity contribution in [1.82, 2.24) is 0 Å². The molecule has 1 aromatic carbocycles. The maximum atomic E-state index is 11.3. The zero-order valence-electron chi connectivity index (χ0n) is 8.49. The van der Waals surface area contributed by atoms with E-state index in [9.17, 15) is 8.42 Å². The van der Waals surface area contributed by atoms with Gasteiger partial charge in [0.1, 0.15) is 0 Å². The summed E-state index contributed by atoms with van der Waals surface area (Å²) in [6.07, 6.45) is 1.73. The first kappa shape index (κ1) is 12.2. The van der Waals surface area contributed by atoms with E-state index in [2.05, 4.69) is 0 Å². The molecule has 0 aromatic heterocycles. The maximum absolute atomic E-state index is 11.3. The summed E-state index contributed by atoms with van der Waals surface area (Å²) >= 11 is 5.79. The highest BCUT2D eigenvalue weighted by atomic mass is 35.5. The van der Waals surface area contributed by atoms with Crippen LogP contribution in [0.4, 0.5) is 0 Å². The number of hydrogen-bond acceptors (Lipinski definition) is 2. The predicted molar refractivity (Wildman–Crippen MR) is 62.2 cm³/mol. The lowest BCUT2D eigenvalue weighted by Crippen LogP contribution is -2.13. The SMILES string of the molecule is CC(C)=Cc1cc(Cl)ccc1S(N)(=O)=O. The Morgan fingerprint density at radius 2 is 2.00 bits per heavy atom. The fraction of sp³-hybridized carbons (Fsp3) is 0.200. The van der Waals surface area contributed by atoms with Crippen LogP contribution in [0.15, 0.2) is 28.7 Å². The van der Waals surface area contributed by atoms with Gasteiger partial charge in [0.2, 0.25) is 10.0 Å². The third kappa shape index (κ3) is 3.34. The second kappa shape index (κ2) is 4.35. The minimum atomic E-state index is -3.70. The van der Waals surface area contributed by atoms with Gasteiger partial charge in [0, 0.05) is 5.02 Å². The van der Waals surface area contributed by atoms with Gasteiger partial charge in [-0.3, -0.25) is 0 Å². The summed E-state index contributed by atoms with van der Waals surface area (Å²) in [4.78, 5) is 0.0908. The number of rotatable bonds is 2. The topological polar surface area (TPSA) is 60.2 Å². The number of halogens is 1. The van der Waals surface area contributed by atoms with E-state index < -0.39 is 10.0 Å². The molecule has 0 fully saturated rings. The summed E-state index contributed by atoms with van der Waals surface area (Å²) in [7, 11) is -3.70. The molecule has 2 N–H and O–H groups in total. The lowest BCUT2D eigenvalue weighted by molar-refractivity contribution is 0.597. The number of allylic oxidation sites excluding steroid dienone is 1. The van der Waals surface area contributed by atoms with Crippen molar-refractivity contribution in [3.63, 3.8) is 0 Å². The van der Waals surface area contributed by atoms with Gasteiger partial charge < -0.3 is 0 Å². The molecule has 0 bridgehead atoms. The molecule has 0 amide bonds. The Balaban J connectivity index is 3.47. The standard InChI is InChI=1S/C10H12ClNO2S/c1-7(2)5-8-6-9(11)3-4-10(8)15(12,13)14/h3-6H,1-2H3,(H2,12,13,14). The quantitative estimate of drug-likeness (QED) is 0.870. The molecule has 0 aliphatic rings. The Morgan fingerprint density at radius 3 is 2.47 bits per heavy atom. The first-order valence-corrected chi connectivity index (χ1v) is 6.20. The molecular weight excluding hydrogens is 234 g/mol. The predicted octanol–water partition coefficient (Wildman–Crippen LogP) is 2.41.